The third-order valence-corrected chi connectivity index (χ3v) is 2.67. The molecule has 1 aromatic heterocycles. The number of rotatable bonds is 4. The minimum atomic E-state index is -1.17. The van der Waals surface area contributed by atoms with Crippen LogP contribution in [0.3, 0.4) is 0 Å². The van der Waals surface area contributed by atoms with E-state index in [4.69, 9.17) is 10.8 Å². The molecule has 0 saturated heterocycles. The lowest BCUT2D eigenvalue weighted by atomic mass is 10.1. The molecular weight excluding hydrogens is 249 g/mol. The van der Waals surface area contributed by atoms with E-state index in [9.17, 15) is 9.18 Å². The molecule has 2 rings (SSSR count). The highest BCUT2D eigenvalue weighted by Gasteiger charge is 2.11. The number of carbonyl (C=O) groups is 1. The quantitative estimate of drug-likeness (QED) is 0.874. The number of hydrogen-bond acceptors (Lipinski definition) is 4. The molecule has 1 heterocycles. The van der Waals surface area contributed by atoms with Gasteiger partial charge in [-0.1, -0.05) is 18.2 Å². The normalized spacial score (nSPS) is 10.4. The molecule has 0 spiro atoms. The number of carboxylic acids is 1. The molecule has 2 aromatic rings. The molecule has 0 saturated carbocycles. The number of benzene rings is 1. The summed E-state index contributed by atoms with van der Waals surface area (Å²) in [7, 11) is 0. The minimum Gasteiger partial charge on any atom is -0.477 e. The number of nitrogens with zero attached hydrogens (tertiary/aromatic N) is 2. The summed E-state index contributed by atoms with van der Waals surface area (Å²) in [5.74, 6) is -1.13. The van der Waals surface area contributed by atoms with E-state index in [1.165, 1.54) is 12.3 Å². The molecule has 0 aliphatic heterocycles. The molecule has 0 aliphatic carbocycles. The lowest BCUT2D eigenvalue weighted by Crippen LogP contribution is -2.09. The Balaban J connectivity index is 2.11. The number of hydrogen-bond donors (Lipinski definition) is 2. The largest absolute Gasteiger partial charge is 0.477 e. The Labute approximate surface area is 108 Å². The van der Waals surface area contributed by atoms with Crippen LogP contribution in [0.5, 0.6) is 0 Å². The maximum atomic E-state index is 13.4. The molecule has 1 aromatic carbocycles. The van der Waals surface area contributed by atoms with Crippen molar-refractivity contribution in [2.45, 2.75) is 12.8 Å². The van der Waals surface area contributed by atoms with Gasteiger partial charge < -0.3 is 10.8 Å². The molecule has 0 atom stereocenters. The number of carboxylic acid groups (broad SMARTS) is 1. The fourth-order valence-electron chi connectivity index (χ4n) is 1.67. The highest BCUT2D eigenvalue weighted by Crippen LogP contribution is 2.11. The van der Waals surface area contributed by atoms with Gasteiger partial charge in [0.15, 0.2) is 0 Å². The number of halogens is 1. The first-order valence-corrected chi connectivity index (χ1v) is 5.66. The molecule has 0 amide bonds. The average Bonchev–Trinajstić information content (AvgIpc) is 2.37. The maximum Gasteiger partial charge on any atom is 0.341 e. The number of aromatic carboxylic acids is 1. The molecule has 5 nitrogen and oxygen atoms in total. The van der Waals surface area contributed by atoms with Gasteiger partial charge >= 0.3 is 5.97 Å². The van der Waals surface area contributed by atoms with Gasteiger partial charge in [-0.3, -0.25) is 0 Å². The van der Waals surface area contributed by atoms with Crippen LogP contribution >= 0.6 is 0 Å². The van der Waals surface area contributed by atoms with Gasteiger partial charge in [0.2, 0.25) is 0 Å². The lowest BCUT2D eigenvalue weighted by Gasteiger charge is -2.04. The first-order valence-electron chi connectivity index (χ1n) is 5.66. The minimum absolute atomic E-state index is 0.0777. The van der Waals surface area contributed by atoms with Crippen LogP contribution in [0.2, 0.25) is 0 Å². The summed E-state index contributed by atoms with van der Waals surface area (Å²) >= 11 is 0. The molecule has 0 bridgehead atoms. The second-order valence-electron chi connectivity index (χ2n) is 3.98. The zero-order valence-electron chi connectivity index (χ0n) is 10.0. The van der Waals surface area contributed by atoms with Gasteiger partial charge in [-0.25, -0.2) is 19.2 Å². The van der Waals surface area contributed by atoms with Crippen LogP contribution < -0.4 is 5.73 Å². The van der Waals surface area contributed by atoms with E-state index in [-0.39, 0.29) is 17.2 Å². The Morgan fingerprint density at radius 3 is 2.68 bits per heavy atom. The Hall–Kier alpha value is -2.50. The van der Waals surface area contributed by atoms with Gasteiger partial charge in [0.1, 0.15) is 23.0 Å². The van der Waals surface area contributed by atoms with Gasteiger partial charge in [0.25, 0.3) is 0 Å². The van der Waals surface area contributed by atoms with Crippen molar-refractivity contribution in [2.24, 2.45) is 0 Å². The zero-order chi connectivity index (χ0) is 13.8. The summed E-state index contributed by atoms with van der Waals surface area (Å²) in [5, 5.41) is 8.79. The van der Waals surface area contributed by atoms with Crippen LogP contribution in [-0.4, -0.2) is 21.0 Å². The van der Waals surface area contributed by atoms with Crippen molar-refractivity contribution in [2.75, 3.05) is 5.73 Å². The summed E-state index contributed by atoms with van der Waals surface area (Å²) in [5.41, 5.74) is 5.95. The van der Waals surface area contributed by atoms with Crippen molar-refractivity contribution in [3.05, 3.63) is 53.2 Å². The standard InChI is InChI=1S/C13H12FN3O2/c14-10-4-2-1-3-8(10)5-6-11-16-7-9(13(18)19)12(15)17-11/h1-4,7H,5-6H2,(H,18,19)(H2,15,16,17). The third kappa shape index (κ3) is 3.04. The topological polar surface area (TPSA) is 89.1 Å². The van der Waals surface area contributed by atoms with Crippen molar-refractivity contribution in [1.29, 1.82) is 0 Å². The zero-order valence-corrected chi connectivity index (χ0v) is 10.0. The molecular formula is C13H12FN3O2. The molecule has 3 N–H and O–H groups in total. The maximum absolute atomic E-state index is 13.4. The fourth-order valence-corrected chi connectivity index (χ4v) is 1.67. The highest BCUT2D eigenvalue weighted by molar-refractivity contribution is 5.92. The van der Waals surface area contributed by atoms with E-state index in [1.54, 1.807) is 18.2 Å². The van der Waals surface area contributed by atoms with Gasteiger partial charge in [0.05, 0.1) is 0 Å². The van der Waals surface area contributed by atoms with Crippen LogP contribution in [0.4, 0.5) is 10.2 Å². The number of anilines is 1. The molecule has 0 aliphatic rings. The number of aromatic nitrogens is 2. The van der Waals surface area contributed by atoms with Gasteiger partial charge in [-0.15, -0.1) is 0 Å². The molecule has 98 valence electrons. The summed E-state index contributed by atoms with van der Waals surface area (Å²) in [4.78, 5) is 18.6. The second kappa shape index (κ2) is 5.43. The summed E-state index contributed by atoms with van der Waals surface area (Å²) in [6.07, 6.45) is 1.99. The van der Waals surface area contributed by atoms with Crippen molar-refractivity contribution in [3.63, 3.8) is 0 Å². The van der Waals surface area contributed by atoms with E-state index in [0.717, 1.165) is 0 Å². The number of aryl methyl sites for hydroxylation is 2. The SMILES string of the molecule is Nc1nc(CCc2ccccc2F)ncc1C(=O)O. The van der Waals surface area contributed by atoms with Crippen molar-refractivity contribution in [1.82, 2.24) is 9.97 Å². The van der Waals surface area contributed by atoms with E-state index in [2.05, 4.69) is 9.97 Å². The molecule has 6 heteroatoms. The van der Waals surface area contributed by atoms with Crippen molar-refractivity contribution >= 4 is 11.8 Å². The predicted molar refractivity (Wildman–Crippen MR) is 67.2 cm³/mol. The first kappa shape index (κ1) is 12.9. The summed E-state index contributed by atoms with van der Waals surface area (Å²) in [6.45, 7) is 0. The Morgan fingerprint density at radius 1 is 1.32 bits per heavy atom. The first-order chi connectivity index (χ1) is 9.08. The van der Waals surface area contributed by atoms with E-state index >= 15 is 0 Å². The number of nitrogens with two attached hydrogens (primary N) is 1. The monoisotopic (exact) mass is 261 g/mol. The van der Waals surface area contributed by atoms with Gasteiger partial charge in [0, 0.05) is 12.6 Å². The smallest absolute Gasteiger partial charge is 0.341 e. The predicted octanol–water partition coefficient (Wildman–Crippen LogP) is 1.68. The molecule has 0 radical (unpaired) electrons. The van der Waals surface area contributed by atoms with Crippen LogP contribution in [0.15, 0.2) is 30.5 Å². The highest BCUT2D eigenvalue weighted by atomic mass is 19.1. The molecule has 0 fully saturated rings. The van der Waals surface area contributed by atoms with E-state index in [1.807, 2.05) is 0 Å². The van der Waals surface area contributed by atoms with E-state index in [0.29, 0.717) is 24.2 Å². The lowest BCUT2D eigenvalue weighted by molar-refractivity contribution is 0.0697. The summed E-state index contributed by atoms with van der Waals surface area (Å²) in [6, 6.07) is 6.44. The van der Waals surface area contributed by atoms with Crippen LogP contribution in [0, 0.1) is 5.82 Å². The third-order valence-electron chi connectivity index (χ3n) is 2.67. The second-order valence-corrected chi connectivity index (χ2v) is 3.98. The average molecular weight is 261 g/mol. The van der Waals surface area contributed by atoms with Gasteiger partial charge in [-0.05, 0) is 18.1 Å². The fraction of sp³-hybridized carbons (Fsp3) is 0.154. The molecule has 19 heavy (non-hydrogen) atoms. The summed E-state index contributed by atoms with van der Waals surface area (Å²) < 4.78 is 13.4. The van der Waals surface area contributed by atoms with Gasteiger partial charge in [-0.2, -0.15) is 0 Å². The van der Waals surface area contributed by atoms with Crippen molar-refractivity contribution in [3.8, 4) is 0 Å². The number of nitrogen functional groups attached to an aromatic ring is 1. The van der Waals surface area contributed by atoms with E-state index < -0.39 is 5.97 Å². The molecule has 0 unspecified atom stereocenters. The van der Waals surface area contributed by atoms with Crippen LogP contribution in [0.25, 0.3) is 0 Å². The van der Waals surface area contributed by atoms with Crippen molar-refractivity contribution < 1.29 is 14.3 Å². The van der Waals surface area contributed by atoms with Crippen LogP contribution in [-0.2, 0) is 12.8 Å². The Kier molecular flexibility index (Phi) is 3.70. The Morgan fingerprint density at radius 2 is 2.05 bits per heavy atom. The Bertz CT molecular complexity index is 617. The van der Waals surface area contributed by atoms with Crippen LogP contribution in [0.1, 0.15) is 21.7 Å².